The minimum atomic E-state index is -2.63. The molecule has 0 radical (unpaired) electrons. The molecule has 10 rings (SSSR count). The number of halogens is 1. The van der Waals surface area contributed by atoms with E-state index in [-0.39, 0.29) is 13.8 Å². The zero-order chi connectivity index (χ0) is 6.09. The zero-order valence-corrected chi connectivity index (χ0v) is 8.97. The molecule has 1 spiro atoms. The van der Waals surface area contributed by atoms with E-state index < -0.39 is 8.89 Å². The van der Waals surface area contributed by atoms with Crippen molar-refractivity contribution in [2.75, 3.05) is 0 Å². The minimum absolute atomic E-state index is 0. The Morgan fingerprint density at radius 3 is 0.667 bits per heavy atom. The molecule has 10 saturated heterocycles. The van der Waals surface area contributed by atoms with Gasteiger partial charge >= 0.3 is 51.1 Å². The van der Waals surface area contributed by atoms with Gasteiger partial charge in [-0.25, -0.2) is 0 Å². The summed E-state index contributed by atoms with van der Waals surface area (Å²) >= 11 is 0. The van der Waals surface area contributed by atoms with Crippen molar-refractivity contribution in [2.45, 2.75) is 42.2 Å². The van der Waals surface area contributed by atoms with Gasteiger partial charge in [0.05, 0.1) is 0 Å². The molecule has 10 aliphatic heterocycles. The summed E-state index contributed by atoms with van der Waals surface area (Å²) in [5.41, 5.74) is 0. The van der Waals surface area contributed by atoms with Gasteiger partial charge < -0.3 is 13.8 Å². The van der Waals surface area contributed by atoms with Gasteiger partial charge in [-0.05, 0) is 0 Å². The van der Waals surface area contributed by atoms with E-state index in [4.69, 9.17) is 0 Å². The molecule has 64 valence electrons. The summed E-state index contributed by atoms with van der Waals surface area (Å²) in [7, 11) is -2.63. The van der Waals surface area contributed by atoms with Crippen molar-refractivity contribution < 1.29 is 22.7 Å². The third-order valence-electron chi connectivity index (χ3n) is 20.1. The summed E-state index contributed by atoms with van der Waals surface area (Å²) in [6, 6.07) is 0. The Morgan fingerprint density at radius 2 is 0.667 bits per heavy atom. The van der Waals surface area contributed by atoms with Crippen molar-refractivity contribution in [1.82, 2.24) is 0 Å². The van der Waals surface area contributed by atoms with E-state index in [9.17, 15) is 0 Å². The molecule has 0 aromatic rings. The van der Waals surface area contributed by atoms with E-state index in [0.717, 1.165) is 0 Å². The standard InChI is InChI=1S/2C5H5.ClH.Ti.H/c2*1-2-4-5-3-1;;;/h2*1-5H;1H;;/q;;;;-1/p-1. The Morgan fingerprint density at radius 1 is 0.500 bits per heavy atom. The molecule has 10 heterocycles. The van der Waals surface area contributed by atoms with Gasteiger partial charge in [0.2, 0.25) is 0 Å². The molecular formula is C10H11ClTi-2. The summed E-state index contributed by atoms with van der Waals surface area (Å²) in [6.45, 7) is 0. The average Bonchev–Trinajstić information content (AvgIpc) is 3.01. The van der Waals surface area contributed by atoms with Crippen molar-refractivity contribution >= 4 is 0 Å². The van der Waals surface area contributed by atoms with Crippen LogP contribution in [0.25, 0.3) is 0 Å². The van der Waals surface area contributed by atoms with Crippen LogP contribution >= 0.6 is 0 Å². The topological polar surface area (TPSA) is 0 Å². The SMILES string of the molecule is [CH]12[CH]3[CH]4[CH]5[CH]1[Ti]23451678[CH]2[CH]1[CH]6[CH]7[CH]28.[Cl-].[H-]. The molecule has 10 fully saturated rings. The molecular weight excluding hydrogens is 203 g/mol. The van der Waals surface area contributed by atoms with Gasteiger partial charge in [-0.3, -0.25) is 0 Å². The zero-order valence-electron chi connectivity index (χ0n) is 7.65. The molecule has 0 aliphatic carbocycles. The van der Waals surface area contributed by atoms with Crippen molar-refractivity contribution in [3.05, 3.63) is 0 Å². The summed E-state index contributed by atoms with van der Waals surface area (Å²) in [5.74, 6) is 0. The van der Waals surface area contributed by atoms with Crippen LogP contribution < -0.4 is 12.4 Å². The fraction of sp³-hybridized carbons (Fsp3) is 1.00. The molecule has 0 unspecified atom stereocenters. The summed E-state index contributed by atoms with van der Waals surface area (Å²) in [6.07, 6.45) is 0. The van der Waals surface area contributed by atoms with Crippen LogP contribution in [0.4, 0.5) is 0 Å². The Labute approximate surface area is 64.9 Å². The van der Waals surface area contributed by atoms with E-state index >= 15 is 0 Å². The number of hydrogen-bond acceptors (Lipinski definition) is 0. The Hall–Kier alpha value is 1.00. The predicted octanol–water partition coefficient (Wildman–Crippen LogP) is 0.492. The quantitative estimate of drug-likeness (QED) is 0.515. The summed E-state index contributed by atoms with van der Waals surface area (Å²) < 4.78 is 16.2. The maximum atomic E-state index is 1.62. The van der Waals surface area contributed by atoms with E-state index in [2.05, 4.69) is 0 Å². The maximum Gasteiger partial charge on any atom is -1.00 e. The van der Waals surface area contributed by atoms with Crippen molar-refractivity contribution in [3.8, 4) is 0 Å². The molecule has 0 nitrogen and oxygen atoms in total. The Balaban J connectivity index is 0.000000222. The van der Waals surface area contributed by atoms with Crippen LogP contribution in [-0.2, 0) is 8.89 Å². The Bertz CT molecular complexity index is 582. The van der Waals surface area contributed by atoms with Crippen LogP contribution in [0.5, 0.6) is 0 Å². The normalized spacial score (nSPS) is 157. The van der Waals surface area contributed by atoms with Crippen LogP contribution in [0.1, 0.15) is 1.43 Å². The van der Waals surface area contributed by atoms with Gasteiger partial charge in [-0.1, -0.05) is 0 Å². The van der Waals surface area contributed by atoms with Gasteiger partial charge in [0.25, 0.3) is 0 Å². The number of rotatable bonds is 0. The molecule has 0 N–H and O–H groups in total. The van der Waals surface area contributed by atoms with Crippen molar-refractivity contribution in [2.24, 2.45) is 0 Å². The first-order valence-electron chi connectivity index (χ1n) is 6.22. The summed E-state index contributed by atoms with van der Waals surface area (Å²) in [4.78, 5) is 0. The molecule has 0 atom stereocenters. The van der Waals surface area contributed by atoms with Gasteiger partial charge in [0, 0.05) is 0 Å². The van der Waals surface area contributed by atoms with Crippen LogP contribution in [-0.4, -0.2) is 0 Å². The van der Waals surface area contributed by atoms with Crippen LogP contribution in [0.3, 0.4) is 0 Å². The second kappa shape index (κ2) is 0.252. The molecule has 0 bridgehead atoms. The monoisotopic (exact) mass is 214 g/mol. The van der Waals surface area contributed by atoms with Crippen LogP contribution in [0, 0.1) is 0 Å². The number of fused-ring (bicyclic) bond motifs is 10. The first-order chi connectivity index (χ1) is 5.16. The van der Waals surface area contributed by atoms with Crippen LogP contribution in [0.15, 0.2) is 0 Å². The van der Waals surface area contributed by atoms with Crippen LogP contribution in [0.2, 0.25) is 42.2 Å². The Kier molecular flexibility index (Phi) is 0.0891. The molecule has 0 amide bonds. The average molecular weight is 215 g/mol. The molecule has 0 saturated carbocycles. The predicted molar refractivity (Wildman–Crippen MR) is 38.6 cm³/mol. The van der Waals surface area contributed by atoms with Crippen molar-refractivity contribution in [1.29, 1.82) is 0 Å². The van der Waals surface area contributed by atoms with Gasteiger partial charge in [-0.15, -0.1) is 0 Å². The fourth-order valence-corrected chi connectivity index (χ4v) is 143. The van der Waals surface area contributed by atoms with Gasteiger partial charge in [-0.2, -0.15) is 0 Å². The van der Waals surface area contributed by atoms with E-state index in [1.165, 1.54) is 0 Å². The largest absolute Gasteiger partial charge is 1.00 e. The third kappa shape index (κ3) is 0.0273. The molecule has 0 aromatic carbocycles. The first-order valence-corrected chi connectivity index (χ1v) is 15.2. The number of hydrogen-bond donors (Lipinski definition) is 0. The van der Waals surface area contributed by atoms with Gasteiger partial charge in [0.15, 0.2) is 0 Å². The fourth-order valence-electron chi connectivity index (χ4n) is 23.2. The smallest absolute Gasteiger partial charge is 1.00 e. The maximum absolute atomic E-state index is 2.63. The molecule has 10 aliphatic rings. The third-order valence-corrected chi connectivity index (χ3v) is 79.4. The van der Waals surface area contributed by atoms with Crippen molar-refractivity contribution in [3.63, 3.8) is 0 Å². The molecule has 12 heavy (non-hydrogen) atoms. The van der Waals surface area contributed by atoms with E-state index in [1.807, 2.05) is 0 Å². The van der Waals surface area contributed by atoms with Gasteiger partial charge in [0.1, 0.15) is 0 Å². The summed E-state index contributed by atoms with van der Waals surface area (Å²) in [5, 5.41) is 0. The van der Waals surface area contributed by atoms with E-state index in [0.29, 0.717) is 0 Å². The minimum Gasteiger partial charge on any atom is -1.00 e. The second-order valence-corrected chi connectivity index (χ2v) is 46.6. The molecule has 0 aromatic heterocycles. The molecule has 2 heteroatoms. The van der Waals surface area contributed by atoms with E-state index in [1.54, 1.807) is 42.2 Å². The first kappa shape index (κ1) is 4.25. The second-order valence-electron chi connectivity index (χ2n) is 12.8.